The summed E-state index contributed by atoms with van der Waals surface area (Å²) in [5.74, 6) is 2.28. The van der Waals surface area contributed by atoms with E-state index in [4.69, 9.17) is 0 Å². The molecule has 3 saturated carbocycles. The minimum absolute atomic E-state index is 0.148. The highest BCUT2D eigenvalue weighted by atomic mass is 16.3. The molecule has 3 aliphatic rings. The van der Waals surface area contributed by atoms with Gasteiger partial charge < -0.3 is 15.3 Å². The molecule has 27 heavy (non-hydrogen) atoms. The van der Waals surface area contributed by atoms with Crippen molar-refractivity contribution in [2.75, 3.05) is 6.61 Å². The molecule has 3 nitrogen and oxygen atoms in total. The molecule has 0 spiro atoms. The Bertz CT molecular complexity index is 566. The van der Waals surface area contributed by atoms with E-state index >= 15 is 0 Å². The molecule has 0 aromatic rings. The zero-order chi connectivity index (χ0) is 19.6. The second-order valence-corrected chi connectivity index (χ2v) is 9.87. The number of fused-ring (bicyclic) bond motifs is 1. The van der Waals surface area contributed by atoms with Gasteiger partial charge in [0.15, 0.2) is 0 Å². The maximum absolute atomic E-state index is 10.2. The zero-order valence-electron chi connectivity index (χ0n) is 17.5. The lowest BCUT2D eigenvalue weighted by Crippen LogP contribution is -2.36. The summed E-state index contributed by atoms with van der Waals surface area (Å²) in [5.41, 5.74) is 3.19. The monoisotopic (exact) mass is 376 g/mol. The van der Waals surface area contributed by atoms with Gasteiger partial charge in [-0.3, -0.25) is 0 Å². The zero-order valence-corrected chi connectivity index (χ0v) is 17.5. The van der Waals surface area contributed by atoms with Crippen molar-refractivity contribution in [2.24, 2.45) is 29.1 Å². The Hall–Kier alpha value is -0.640. The number of hydrogen-bond donors (Lipinski definition) is 3. The predicted molar refractivity (Wildman–Crippen MR) is 110 cm³/mol. The van der Waals surface area contributed by atoms with Crippen molar-refractivity contribution in [2.45, 2.75) is 90.8 Å². The first-order chi connectivity index (χ1) is 12.9. The highest BCUT2D eigenvalue weighted by molar-refractivity contribution is 5.27. The molecular formula is C24H40O3. The Morgan fingerprint density at radius 1 is 1.19 bits per heavy atom. The van der Waals surface area contributed by atoms with Gasteiger partial charge in [-0.15, -0.1) is 0 Å². The van der Waals surface area contributed by atoms with Gasteiger partial charge in [-0.1, -0.05) is 44.1 Å². The maximum atomic E-state index is 10.2. The van der Waals surface area contributed by atoms with Gasteiger partial charge in [0.25, 0.3) is 0 Å². The molecule has 0 heterocycles. The summed E-state index contributed by atoms with van der Waals surface area (Å²) in [6.07, 6.45) is 13.4. The van der Waals surface area contributed by atoms with E-state index in [1.165, 1.54) is 37.7 Å². The molecule has 154 valence electrons. The van der Waals surface area contributed by atoms with E-state index in [0.29, 0.717) is 36.7 Å². The summed E-state index contributed by atoms with van der Waals surface area (Å²) in [6, 6.07) is 0. The van der Waals surface area contributed by atoms with Crippen LogP contribution in [0.3, 0.4) is 0 Å². The van der Waals surface area contributed by atoms with Crippen LogP contribution in [0.1, 0.15) is 78.6 Å². The first-order valence-electron chi connectivity index (χ1n) is 11.2. The first-order valence-corrected chi connectivity index (χ1v) is 11.2. The molecule has 0 saturated heterocycles. The summed E-state index contributed by atoms with van der Waals surface area (Å²) < 4.78 is 0. The fraction of sp³-hybridized carbons (Fsp3) is 0.833. The molecule has 0 aromatic heterocycles. The Morgan fingerprint density at radius 3 is 2.67 bits per heavy atom. The van der Waals surface area contributed by atoms with Crippen molar-refractivity contribution in [1.29, 1.82) is 0 Å². The average molecular weight is 377 g/mol. The highest BCUT2D eigenvalue weighted by Crippen LogP contribution is 2.59. The lowest BCUT2D eigenvalue weighted by atomic mass is 9.60. The molecule has 3 rings (SSSR count). The Balaban J connectivity index is 1.76. The van der Waals surface area contributed by atoms with E-state index in [0.717, 1.165) is 18.8 Å². The largest absolute Gasteiger partial charge is 0.396 e. The summed E-state index contributed by atoms with van der Waals surface area (Å²) in [6.45, 7) is 7.30. The van der Waals surface area contributed by atoms with Crippen LogP contribution in [-0.4, -0.2) is 34.1 Å². The fourth-order valence-electron chi connectivity index (χ4n) is 6.53. The van der Waals surface area contributed by atoms with Gasteiger partial charge in [0, 0.05) is 18.9 Å². The van der Waals surface area contributed by atoms with Crippen LogP contribution in [0.15, 0.2) is 23.3 Å². The van der Waals surface area contributed by atoms with Gasteiger partial charge in [-0.2, -0.15) is 0 Å². The number of hydrogen-bond acceptors (Lipinski definition) is 3. The summed E-state index contributed by atoms with van der Waals surface area (Å²) in [4.78, 5) is 0. The van der Waals surface area contributed by atoms with Crippen molar-refractivity contribution in [3.05, 3.63) is 23.3 Å². The van der Waals surface area contributed by atoms with Gasteiger partial charge in [0.1, 0.15) is 0 Å². The van der Waals surface area contributed by atoms with E-state index in [1.54, 1.807) is 5.57 Å². The minimum atomic E-state index is -0.418. The molecule has 3 fully saturated rings. The Kier molecular flexibility index (Phi) is 6.87. The maximum Gasteiger partial charge on any atom is 0.0627 e. The number of aliphatic hydroxyl groups is 3. The second kappa shape index (κ2) is 8.80. The molecule has 0 radical (unpaired) electrons. The summed E-state index contributed by atoms with van der Waals surface area (Å²) in [7, 11) is 0. The SMILES string of the molecule is C[C@@H]1C(=CC=C2CCC[C@]3(C)[C@@H]([C@H](C)CCCO)CC[C@@H]23)CC(O)CC1O. The van der Waals surface area contributed by atoms with Gasteiger partial charge in [-0.05, 0) is 74.5 Å². The molecule has 7 atom stereocenters. The van der Waals surface area contributed by atoms with E-state index in [2.05, 4.69) is 32.9 Å². The lowest BCUT2D eigenvalue weighted by Gasteiger charge is -2.44. The van der Waals surface area contributed by atoms with Gasteiger partial charge >= 0.3 is 0 Å². The first kappa shape index (κ1) is 21.1. The van der Waals surface area contributed by atoms with Gasteiger partial charge in [0.2, 0.25) is 0 Å². The molecule has 0 bridgehead atoms. The standard InChI is InChI=1S/C24H40O3/c1-16(6-5-13-25)21-10-11-22-18(7-4-12-24(21,22)3)8-9-19-14-20(26)15-23(27)17(19)2/h8-9,16-17,20-23,25-27H,4-7,10-15H2,1-3H3/t16-,17-,20?,21-,22+,23?,24-/m1/s1. The Labute approximate surface area is 165 Å². The third kappa shape index (κ3) is 4.36. The predicted octanol–water partition coefficient (Wildman–Crippen LogP) is 4.62. The van der Waals surface area contributed by atoms with Crippen LogP contribution in [-0.2, 0) is 0 Å². The van der Waals surface area contributed by atoms with Gasteiger partial charge in [0.05, 0.1) is 12.2 Å². The molecule has 2 unspecified atom stereocenters. The number of allylic oxidation sites excluding steroid dienone is 3. The van der Waals surface area contributed by atoms with E-state index < -0.39 is 12.2 Å². The van der Waals surface area contributed by atoms with E-state index in [1.807, 2.05) is 0 Å². The number of rotatable bonds is 5. The van der Waals surface area contributed by atoms with Crippen molar-refractivity contribution in [3.63, 3.8) is 0 Å². The lowest BCUT2D eigenvalue weighted by molar-refractivity contribution is 0.0333. The van der Waals surface area contributed by atoms with Crippen LogP contribution < -0.4 is 0 Å². The minimum Gasteiger partial charge on any atom is -0.396 e. The molecular weight excluding hydrogens is 336 g/mol. The Morgan fingerprint density at radius 2 is 1.93 bits per heavy atom. The third-order valence-corrected chi connectivity index (χ3v) is 8.20. The fourth-order valence-corrected chi connectivity index (χ4v) is 6.53. The van der Waals surface area contributed by atoms with Gasteiger partial charge in [-0.25, -0.2) is 0 Å². The molecule has 3 heteroatoms. The molecule has 3 N–H and O–H groups in total. The number of aliphatic hydroxyl groups excluding tert-OH is 3. The summed E-state index contributed by atoms with van der Waals surface area (Å²) >= 11 is 0. The summed E-state index contributed by atoms with van der Waals surface area (Å²) in [5, 5.41) is 29.4. The topological polar surface area (TPSA) is 60.7 Å². The van der Waals surface area contributed by atoms with Crippen LogP contribution >= 0.6 is 0 Å². The van der Waals surface area contributed by atoms with Crippen molar-refractivity contribution in [3.8, 4) is 0 Å². The van der Waals surface area contributed by atoms with E-state index in [9.17, 15) is 15.3 Å². The molecule has 3 aliphatic carbocycles. The average Bonchev–Trinajstić information content (AvgIpc) is 2.99. The van der Waals surface area contributed by atoms with Crippen molar-refractivity contribution < 1.29 is 15.3 Å². The van der Waals surface area contributed by atoms with Crippen LogP contribution in [0.2, 0.25) is 0 Å². The second-order valence-electron chi connectivity index (χ2n) is 9.87. The van der Waals surface area contributed by atoms with Crippen LogP contribution in [0.25, 0.3) is 0 Å². The smallest absolute Gasteiger partial charge is 0.0627 e. The van der Waals surface area contributed by atoms with Crippen LogP contribution in [0.4, 0.5) is 0 Å². The quantitative estimate of drug-likeness (QED) is 0.656. The van der Waals surface area contributed by atoms with Crippen molar-refractivity contribution in [1.82, 2.24) is 0 Å². The van der Waals surface area contributed by atoms with E-state index in [-0.39, 0.29) is 5.92 Å². The molecule has 0 aliphatic heterocycles. The van der Waals surface area contributed by atoms with Crippen molar-refractivity contribution >= 4 is 0 Å². The molecule has 0 aromatic carbocycles. The highest BCUT2D eigenvalue weighted by Gasteiger charge is 2.50. The normalized spacial score (nSPS) is 43.9. The van der Waals surface area contributed by atoms with Crippen LogP contribution in [0, 0.1) is 29.1 Å². The molecule has 0 amide bonds. The third-order valence-electron chi connectivity index (χ3n) is 8.20. The van der Waals surface area contributed by atoms with Crippen LogP contribution in [0.5, 0.6) is 0 Å².